The predicted octanol–water partition coefficient (Wildman–Crippen LogP) is 5.65. The molecule has 0 radical (unpaired) electrons. The van der Waals surface area contributed by atoms with E-state index in [0.717, 1.165) is 0 Å². The normalized spacial score (nSPS) is 13.0. The van der Waals surface area contributed by atoms with Crippen molar-refractivity contribution in [3.05, 3.63) is 109 Å². The molecule has 1 aliphatic rings. The van der Waals surface area contributed by atoms with Crippen LogP contribution in [-0.2, 0) is 0 Å². The van der Waals surface area contributed by atoms with Gasteiger partial charge in [0.2, 0.25) is 0 Å². The molecular weight excluding hydrogens is 476 g/mol. The highest BCUT2D eigenvalue weighted by Gasteiger charge is 2.39. The van der Waals surface area contributed by atoms with Gasteiger partial charge in [0, 0.05) is 10.0 Å². The molecule has 3 heterocycles. The Labute approximate surface area is 188 Å². The number of benzene rings is 3. The second kappa shape index (κ2) is 6.83. The van der Waals surface area contributed by atoms with E-state index >= 15 is 0 Å². The van der Waals surface area contributed by atoms with Crippen LogP contribution in [0, 0.1) is 0 Å². The van der Waals surface area contributed by atoms with Crippen molar-refractivity contribution in [2.75, 3.05) is 0 Å². The molecule has 156 valence electrons. The van der Waals surface area contributed by atoms with Crippen LogP contribution in [0.25, 0.3) is 21.9 Å². The summed E-state index contributed by atoms with van der Waals surface area (Å²) in [4.78, 5) is 26.3. The van der Waals surface area contributed by atoms with Crippen LogP contribution in [0.4, 0.5) is 0 Å². The lowest BCUT2D eigenvalue weighted by Crippen LogP contribution is -2.26. The maximum Gasteiger partial charge on any atom is 0.344 e. The van der Waals surface area contributed by atoms with Crippen LogP contribution in [0.15, 0.2) is 89.6 Å². The van der Waals surface area contributed by atoms with Crippen LogP contribution in [0.1, 0.15) is 22.6 Å². The molecular formula is C25H13BrO6. The Morgan fingerprint density at radius 3 is 1.84 bits per heavy atom. The van der Waals surface area contributed by atoms with Crippen molar-refractivity contribution >= 4 is 37.9 Å². The molecule has 0 atom stereocenters. The molecule has 0 aliphatic carbocycles. The van der Waals surface area contributed by atoms with Gasteiger partial charge >= 0.3 is 11.3 Å². The standard InChI is InChI=1S/C25H13BrO6/c26-12-9-10-16(27)15(11-12)19-20-22(13-5-1-3-7-17(13)30-24(20)28)32-23-14-6-2-4-8-18(14)31-25(29)21(19)23/h1-11,19,27H. The summed E-state index contributed by atoms with van der Waals surface area (Å²) < 4.78 is 18.1. The van der Waals surface area contributed by atoms with Gasteiger partial charge in [-0.05, 0) is 42.5 Å². The first-order chi connectivity index (χ1) is 15.5. The van der Waals surface area contributed by atoms with Crippen molar-refractivity contribution in [1.29, 1.82) is 0 Å². The van der Waals surface area contributed by atoms with Crippen molar-refractivity contribution < 1.29 is 18.7 Å². The Balaban J connectivity index is 1.82. The summed E-state index contributed by atoms with van der Waals surface area (Å²) in [7, 11) is 0. The van der Waals surface area contributed by atoms with Crippen molar-refractivity contribution in [2.24, 2.45) is 0 Å². The van der Waals surface area contributed by atoms with Crippen molar-refractivity contribution in [3.63, 3.8) is 0 Å². The minimum absolute atomic E-state index is 0.0721. The fraction of sp³-hybridized carbons (Fsp3) is 0.0400. The van der Waals surface area contributed by atoms with E-state index in [1.165, 1.54) is 6.07 Å². The molecule has 7 heteroatoms. The molecule has 0 fully saturated rings. The third-order valence-electron chi connectivity index (χ3n) is 5.68. The Morgan fingerprint density at radius 2 is 1.28 bits per heavy atom. The summed E-state index contributed by atoms with van der Waals surface area (Å²) in [5.41, 5.74) is 0.0469. The molecule has 1 aliphatic heterocycles. The number of para-hydroxylation sites is 2. The molecule has 3 aromatic carbocycles. The topological polar surface area (TPSA) is 89.9 Å². The highest BCUT2D eigenvalue weighted by Crippen LogP contribution is 2.51. The lowest BCUT2D eigenvalue weighted by molar-refractivity contribution is 0.422. The molecule has 0 bridgehead atoms. The van der Waals surface area contributed by atoms with Crippen molar-refractivity contribution in [3.8, 4) is 17.2 Å². The monoisotopic (exact) mass is 488 g/mol. The lowest BCUT2D eigenvalue weighted by Gasteiger charge is -2.28. The summed E-state index contributed by atoms with van der Waals surface area (Å²) in [6.07, 6.45) is 0. The van der Waals surface area contributed by atoms with E-state index in [9.17, 15) is 14.7 Å². The number of hydrogen-bond acceptors (Lipinski definition) is 6. The molecule has 6 rings (SSSR count). The summed E-state index contributed by atoms with van der Waals surface area (Å²) in [5.74, 6) is -0.431. The molecule has 6 nitrogen and oxygen atoms in total. The number of aromatic hydroxyl groups is 1. The molecule has 0 unspecified atom stereocenters. The third kappa shape index (κ3) is 2.64. The summed E-state index contributed by atoms with van der Waals surface area (Å²) in [6, 6.07) is 18.9. The molecule has 1 N–H and O–H groups in total. The number of rotatable bonds is 1. The predicted molar refractivity (Wildman–Crippen MR) is 122 cm³/mol. The highest BCUT2D eigenvalue weighted by atomic mass is 79.9. The van der Waals surface area contributed by atoms with E-state index in [1.54, 1.807) is 48.5 Å². The minimum Gasteiger partial charge on any atom is -0.508 e. The van der Waals surface area contributed by atoms with E-state index < -0.39 is 17.2 Å². The van der Waals surface area contributed by atoms with Crippen LogP contribution in [0.5, 0.6) is 17.2 Å². The maximum atomic E-state index is 13.2. The fourth-order valence-corrected chi connectivity index (χ4v) is 4.68. The average molecular weight is 489 g/mol. The zero-order valence-electron chi connectivity index (χ0n) is 16.3. The van der Waals surface area contributed by atoms with Crippen molar-refractivity contribution in [2.45, 2.75) is 5.92 Å². The van der Waals surface area contributed by atoms with Gasteiger partial charge in [-0.1, -0.05) is 40.2 Å². The van der Waals surface area contributed by atoms with Crippen LogP contribution in [-0.4, -0.2) is 5.11 Å². The lowest BCUT2D eigenvalue weighted by atomic mass is 9.82. The molecule has 5 aromatic rings. The zero-order valence-corrected chi connectivity index (χ0v) is 17.9. The Bertz CT molecular complexity index is 1580. The van der Waals surface area contributed by atoms with Gasteiger partial charge in [-0.25, -0.2) is 9.59 Å². The summed E-state index contributed by atoms with van der Waals surface area (Å²) >= 11 is 3.41. The van der Waals surface area contributed by atoms with E-state index in [-0.39, 0.29) is 16.9 Å². The van der Waals surface area contributed by atoms with Gasteiger partial charge in [-0.2, -0.15) is 0 Å². The molecule has 0 saturated heterocycles. The Hall–Kier alpha value is -3.84. The zero-order chi connectivity index (χ0) is 22.0. The number of ether oxygens (including phenoxy) is 1. The van der Waals surface area contributed by atoms with E-state index in [2.05, 4.69) is 15.9 Å². The molecule has 2 aromatic heterocycles. The Kier molecular flexibility index (Phi) is 4.03. The first-order valence-electron chi connectivity index (χ1n) is 9.80. The highest BCUT2D eigenvalue weighted by molar-refractivity contribution is 9.10. The second-order valence-corrected chi connectivity index (χ2v) is 8.41. The molecule has 0 spiro atoms. The van der Waals surface area contributed by atoms with Gasteiger partial charge < -0.3 is 18.7 Å². The number of fused-ring (bicyclic) bond motifs is 6. The van der Waals surface area contributed by atoms with Gasteiger partial charge in [-0.15, -0.1) is 0 Å². The quantitative estimate of drug-likeness (QED) is 0.300. The Morgan fingerprint density at radius 1 is 0.750 bits per heavy atom. The van der Waals surface area contributed by atoms with Gasteiger partial charge in [0.25, 0.3) is 0 Å². The van der Waals surface area contributed by atoms with Crippen LogP contribution < -0.4 is 16.0 Å². The van der Waals surface area contributed by atoms with E-state index in [0.29, 0.717) is 43.5 Å². The SMILES string of the molecule is O=c1oc2ccccc2c2c1C(c1cc(Br)ccc1O)c1c(c3ccccc3oc1=O)O2. The van der Waals surface area contributed by atoms with Crippen LogP contribution >= 0.6 is 15.9 Å². The van der Waals surface area contributed by atoms with E-state index in [1.807, 2.05) is 12.1 Å². The second-order valence-electron chi connectivity index (χ2n) is 7.50. The van der Waals surface area contributed by atoms with Gasteiger partial charge in [-0.3, -0.25) is 0 Å². The first kappa shape index (κ1) is 18.9. The number of hydrogen-bond donors (Lipinski definition) is 1. The largest absolute Gasteiger partial charge is 0.508 e. The van der Waals surface area contributed by atoms with Crippen LogP contribution in [0.3, 0.4) is 0 Å². The minimum atomic E-state index is -0.951. The van der Waals surface area contributed by atoms with Gasteiger partial charge in [0.15, 0.2) is 0 Å². The summed E-state index contributed by atoms with van der Waals surface area (Å²) in [5, 5.41) is 11.9. The average Bonchev–Trinajstić information content (AvgIpc) is 2.80. The third-order valence-corrected chi connectivity index (χ3v) is 6.17. The maximum absolute atomic E-state index is 13.2. The number of phenolic OH excluding ortho intramolecular Hbond substituents is 1. The van der Waals surface area contributed by atoms with Crippen molar-refractivity contribution in [1.82, 2.24) is 0 Å². The van der Waals surface area contributed by atoms with E-state index in [4.69, 9.17) is 13.6 Å². The first-order valence-corrected chi connectivity index (χ1v) is 10.6. The number of halogens is 1. The number of phenols is 1. The fourth-order valence-electron chi connectivity index (χ4n) is 4.30. The summed E-state index contributed by atoms with van der Waals surface area (Å²) in [6.45, 7) is 0. The molecule has 0 amide bonds. The molecule has 32 heavy (non-hydrogen) atoms. The van der Waals surface area contributed by atoms with Crippen LogP contribution in [0.2, 0.25) is 0 Å². The molecule has 0 saturated carbocycles. The smallest absolute Gasteiger partial charge is 0.344 e. The van der Waals surface area contributed by atoms with Gasteiger partial charge in [0.1, 0.15) is 28.4 Å². The van der Waals surface area contributed by atoms with Gasteiger partial charge in [0.05, 0.1) is 27.8 Å².